The molecular weight excluding hydrogens is 312 g/mol. The largest absolute Gasteiger partial charge is 0.350 e. The van der Waals surface area contributed by atoms with E-state index in [0.29, 0.717) is 12.5 Å². The highest BCUT2D eigenvalue weighted by molar-refractivity contribution is 5.76. The maximum absolute atomic E-state index is 12.3. The number of nitrogens with one attached hydrogen (secondary N) is 1. The van der Waals surface area contributed by atoms with Gasteiger partial charge in [0.05, 0.1) is 18.8 Å². The minimum Gasteiger partial charge on any atom is -0.350 e. The number of aromatic nitrogens is 2. The fourth-order valence-electron chi connectivity index (χ4n) is 3.56. The molecule has 0 spiro atoms. The lowest BCUT2D eigenvalue weighted by Gasteiger charge is -2.24. The molecule has 0 radical (unpaired) electrons. The van der Waals surface area contributed by atoms with Crippen LogP contribution in [-0.4, -0.2) is 39.7 Å². The van der Waals surface area contributed by atoms with Crippen LogP contribution in [0.3, 0.4) is 0 Å². The minimum absolute atomic E-state index is 0.0510. The van der Waals surface area contributed by atoms with Crippen LogP contribution in [0.4, 0.5) is 0 Å². The lowest BCUT2D eigenvalue weighted by molar-refractivity contribution is -0.122. The van der Waals surface area contributed by atoms with Gasteiger partial charge in [-0.1, -0.05) is 30.3 Å². The second kappa shape index (κ2) is 8.30. The maximum Gasteiger partial charge on any atom is 0.221 e. The van der Waals surface area contributed by atoms with E-state index in [1.54, 1.807) is 0 Å². The molecule has 0 aliphatic carbocycles. The highest BCUT2D eigenvalue weighted by Gasteiger charge is 2.25. The molecule has 1 saturated heterocycles. The molecule has 134 valence electrons. The van der Waals surface area contributed by atoms with Crippen molar-refractivity contribution in [3.63, 3.8) is 0 Å². The van der Waals surface area contributed by atoms with Gasteiger partial charge in [-0.3, -0.25) is 14.4 Å². The molecule has 2 aromatic rings. The summed E-state index contributed by atoms with van der Waals surface area (Å²) in [6.07, 6.45) is 6.92. The molecule has 1 aromatic carbocycles. The number of rotatable bonds is 7. The number of amides is 1. The molecule has 0 saturated carbocycles. The van der Waals surface area contributed by atoms with Crippen molar-refractivity contribution in [3.05, 3.63) is 53.9 Å². The van der Waals surface area contributed by atoms with Gasteiger partial charge in [-0.15, -0.1) is 0 Å². The Hall–Kier alpha value is -2.14. The summed E-state index contributed by atoms with van der Waals surface area (Å²) in [4.78, 5) is 14.7. The van der Waals surface area contributed by atoms with Crippen molar-refractivity contribution in [2.45, 2.75) is 51.7 Å². The van der Waals surface area contributed by atoms with Crippen molar-refractivity contribution in [2.24, 2.45) is 0 Å². The summed E-state index contributed by atoms with van der Waals surface area (Å²) in [5, 5.41) is 7.50. The van der Waals surface area contributed by atoms with Crippen molar-refractivity contribution in [3.8, 4) is 0 Å². The van der Waals surface area contributed by atoms with E-state index in [9.17, 15) is 4.79 Å². The summed E-state index contributed by atoms with van der Waals surface area (Å²) < 4.78 is 2.02. The lowest BCUT2D eigenvalue weighted by atomic mass is 10.1. The van der Waals surface area contributed by atoms with Gasteiger partial charge in [-0.25, -0.2) is 0 Å². The van der Waals surface area contributed by atoms with Crippen LogP contribution < -0.4 is 5.32 Å². The molecule has 5 nitrogen and oxygen atoms in total. The first-order chi connectivity index (χ1) is 12.1. The lowest BCUT2D eigenvalue weighted by Crippen LogP contribution is -2.37. The third-order valence-corrected chi connectivity index (χ3v) is 4.96. The zero-order valence-electron chi connectivity index (χ0n) is 15.2. The second-order valence-electron chi connectivity index (χ2n) is 7.02. The summed E-state index contributed by atoms with van der Waals surface area (Å²) in [6.45, 7) is 6.90. The maximum atomic E-state index is 12.3. The van der Waals surface area contributed by atoms with E-state index in [0.717, 1.165) is 25.2 Å². The monoisotopic (exact) mass is 340 g/mol. The van der Waals surface area contributed by atoms with Gasteiger partial charge < -0.3 is 5.32 Å². The predicted octanol–water partition coefficient (Wildman–Crippen LogP) is 2.92. The molecular formula is C20H28N4O. The van der Waals surface area contributed by atoms with Crippen LogP contribution >= 0.6 is 0 Å². The zero-order chi connectivity index (χ0) is 17.6. The minimum atomic E-state index is 0.0510. The van der Waals surface area contributed by atoms with E-state index < -0.39 is 0 Å². The second-order valence-corrected chi connectivity index (χ2v) is 7.02. The van der Waals surface area contributed by atoms with Gasteiger partial charge in [-0.2, -0.15) is 5.10 Å². The van der Waals surface area contributed by atoms with Crippen LogP contribution in [0.15, 0.2) is 42.7 Å². The molecule has 0 unspecified atom stereocenters. The first kappa shape index (κ1) is 17.7. The first-order valence-corrected chi connectivity index (χ1v) is 9.19. The van der Waals surface area contributed by atoms with Crippen molar-refractivity contribution in [1.29, 1.82) is 0 Å². The summed E-state index contributed by atoms with van der Waals surface area (Å²) in [7, 11) is 0. The Bertz CT molecular complexity index is 682. The number of nitrogens with zero attached hydrogens (tertiary/aromatic N) is 3. The molecule has 1 fully saturated rings. The third kappa shape index (κ3) is 4.92. The molecule has 3 rings (SSSR count). The van der Waals surface area contributed by atoms with E-state index in [1.807, 2.05) is 48.1 Å². The molecule has 2 atom stereocenters. The summed E-state index contributed by atoms with van der Waals surface area (Å²) in [5.74, 6) is 0.122. The van der Waals surface area contributed by atoms with Gasteiger partial charge in [0.25, 0.3) is 0 Å². The number of likely N-dealkylation sites (tertiary alicyclic amines) is 1. The van der Waals surface area contributed by atoms with Crippen LogP contribution in [0.2, 0.25) is 0 Å². The quantitative estimate of drug-likeness (QED) is 0.843. The smallest absolute Gasteiger partial charge is 0.221 e. The molecule has 1 amide bonds. The highest BCUT2D eigenvalue weighted by Crippen LogP contribution is 2.19. The van der Waals surface area contributed by atoms with Gasteiger partial charge >= 0.3 is 0 Å². The van der Waals surface area contributed by atoms with Gasteiger partial charge in [-0.05, 0) is 44.4 Å². The van der Waals surface area contributed by atoms with Crippen LogP contribution in [0.5, 0.6) is 0 Å². The van der Waals surface area contributed by atoms with E-state index in [1.165, 1.54) is 18.4 Å². The van der Waals surface area contributed by atoms with Crippen molar-refractivity contribution >= 4 is 5.91 Å². The molecule has 1 aliphatic heterocycles. The van der Waals surface area contributed by atoms with E-state index in [2.05, 4.69) is 28.4 Å². The topological polar surface area (TPSA) is 50.2 Å². The van der Waals surface area contributed by atoms with Gasteiger partial charge in [0.1, 0.15) is 0 Å². The van der Waals surface area contributed by atoms with E-state index in [-0.39, 0.29) is 11.9 Å². The van der Waals surface area contributed by atoms with Gasteiger partial charge in [0.15, 0.2) is 0 Å². The summed E-state index contributed by atoms with van der Waals surface area (Å²) in [5.41, 5.74) is 2.34. The van der Waals surface area contributed by atoms with Crippen LogP contribution in [-0.2, 0) is 11.3 Å². The Labute approximate surface area is 150 Å². The van der Waals surface area contributed by atoms with E-state index in [4.69, 9.17) is 0 Å². The SMILES string of the molecule is Cc1cnn(C[C@H]2CCCN2CCC(=O)N[C@H](C)c2ccccc2)c1. The Balaban J connectivity index is 1.46. The Kier molecular flexibility index (Phi) is 5.87. The van der Waals surface area contributed by atoms with Gasteiger partial charge in [0.2, 0.25) is 5.91 Å². The van der Waals surface area contributed by atoms with Crippen molar-refractivity contribution < 1.29 is 4.79 Å². The van der Waals surface area contributed by atoms with E-state index >= 15 is 0 Å². The Morgan fingerprint density at radius 1 is 1.36 bits per heavy atom. The fourth-order valence-corrected chi connectivity index (χ4v) is 3.56. The summed E-state index contributed by atoms with van der Waals surface area (Å²) in [6, 6.07) is 10.6. The molecule has 0 bridgehead atoms. The standard InChI is InChI=1S/C20H28N4O/c1-16-13-21-24(14-16)15-19-9-6-11-23(19)12-10-20(25)22-17(2)18-7-4-3-5-8-18/h3-5,7-8,13-14,17,19H,6,9-12,15H2,1-2H3,(H,22,25)/t17-,19-/m1/s1. The Morgan fingerprint density at radius 2 is 2.16 bits per heavy atom. The molecule has 25 heavy (non-hydrogen) atoms. The number of hydrogen-bond acceptors (Lipinski definition) is 3. The van der Waals surface area contributed by atoms with Crippen LogP contribution in [0.25, 0.3) is 0 Å². The number of aryl methyl sites for hydroxylation is 1. The predicted molar refractivity (Wildman–Crippen MR) is 99.2 cm³/mol. The molecule has 1 N–H and O–H groups in total. The molecule has 1 aliphatic rings. The number of carbonyl (C=O) groups excluding carboxylic acids is 1. The highest BCUT2D eigenvalue weighted by atomic mass is 16.1. The number of carbonyl (C=O) groups is 1. The molecule has 2 heterocycles. The van der Waals surface area contributed by atoms with Gasteiger partial charge in [0, 0.05) is 25.2 Å². The average Bonchev–Trinajstić information content (AvgIpc) is 3.23. The Morgan fingerprint density at radius 3 is 2.88 bits per heavy atom. The van der Waals surface area contributed by atoms with Crippen molar-refractivity contribution in [2.75, 3.05) is 13.1 Å². The average molecular weight is 340 g/mol. The normalized spacial score (nSPS) is 19.0. The zero-order valence-corrected chi connectivity index (χ0v) is 15.2. The van der Waals surface area contributed by atoms with Crippen LogP contribution in [0, 0.1) is 6.92 Å². The molecule has 1 aromatic heterocycles. The first-order valence-electron chi connectivity index (χ1n) is 9.19. The fraction of sp³-hybridized carbons (Fsp3) is 0.500. The van der Waals surface area contributed by atoms with Crippen LogP contribution in [0.1, 0.15) is 43.4 Å². The number of benzene rings is 1. The summed E-state index contributed by atoms with van der Waals surface area (Å²) >= 11 is 0. The number of hydrogen-bond donors (Lipinski definition) is 1. The molecule has 5 heteroatoms. The van der Waals surface area contributed by atoms with Crippen molar-refractivity contribution in [1.82, 2.24) is 20.0 Å². The third-order valence-electron chi connectivity index (χ3n) is 4.96.